The zero-order valence-electron chi connectivity index (χ0n) is 10.1. The molecule has 1 aliphatic rings. The second kappa shape index (κ2) is 4.02. The molecule has 0 radical (unpaired) electrons. The minimum absolute atomic E-state index is 0.675. The molecule has 13 heavy (non-hydrogen) atoms. The van der Waals surface area contributed by atoms with Crippen molar-refractivity contribution in [3.05, 3.63) is 0 Å². The largest absolute Gasteiger partial charge is 0.0651 e. The van der Waals surface area contributed by atoms with E-state index < -0.39 is 0 Å². The second-order valence-corrected chi connectivity index (χ2v) is 5.72. The van der Waals surface area contributed by atoms with Crippen LogP contribution in [-0.4, -0.2) is 0 Å². The minimum atomic E-state index is 0.675. The summed E-state index contributed by atoms with van der Waals surface area (Å²) in [6.07, 6.45) is 5.67. The van der Waals surface area contributed by atoms with Crippen LogP contribution in [0.4, 0.5) is 0 Å². The molecular formula is C13H26. The Morgan fingerprint density at radius 3 is 2.08 bits per heavy atom. The predicted molar refractivity (Wildman–Crippen MR) is 59.7 cm³/mol. The van der Waals surface area contributed by atoms with Crippen LogP contribution in [-0.2, 0) is 0 Å². The van der Waals surface area contributed by atoms with Crippen LogP contribution >= 0.6 is 0 Å². The molecule has 0 spiro atoms. The third-order valence-corrected chi connectivity index (χ3v) is 4.09. The summed E-state index contributed by atoms with van der Waals surface area (Å²) in [6, 6.07) is 0. The van der Waals surface area contributed by atoms with Crippen molar-refractivity contribution in [3.63, 3.8) is 0 Å². The first kappa shape index (κ1) is 11.1. The van der Waals surface area contributed by atoms with E-state index in [9.17, 15) is 0 Å². The first-order chi connectivity index (χ1) is 6.01. The van der Waals surface area contributed by atoms with E-state index >= 15 is 0 Å². The molecule has 0 aromatic carbocycles. The fourth-order valence-electron chi connectivity index (χ4n) is 2.61. The fourth-order valence-corrected chi connectivity index (χ4v) is 2.61. The molecule has 3 unspecified atom stereocenters. The molecule has 1 rings (SSSR count). The molecule has 0 aromatic heterocycles. The van der Waals surface area contributed by atoms with Crippen molar-refractivity contribution >= 4 is 0 Å². The monoisotopic (exact) mass is 182 g/mol. The number of hydrogen-bond acceptors (Lipinski definition) is 0. The average Bonchev–Trinajstić information content (AvgIpc) is 2.70. The van der Waals surface area contributed by atoms with Crippen molar-refractivity contribution in [1.29, 1.82) is 0 Å². The standard InChI is InChI=1S/C13H26/c1-6-10(3)8-11(7-2)12-9-13(12,4)5/h10-12H,6-9H2,1-5H3. The Kier molecular flexibility index (Phi) is 3.43. The maximum absolute atomic E-state index is 2.43. The van der Waals surface area contributed by atoms with Gasteiger partial charge in [0.2, 0.25) is 0 Å². The third kappa shape index (κ3) is 2.72. The second-order valence-electron chi connectivity index (χ2n) is 5.72. The summed E-state index contributed by atoms with van der Waals surface area (Å²) in [5, 5.41) is 0. The lowest BCUT2D eigenvalue weighted by Gasteiger charge is -2.20. The highest BCUT2D eigenvalue weighted by molar-refractivity contribution is 4.98. The van der Waals surface area contributed by atoms with Crippen LogP contribution in [0, 0.1) is 23.2 Å². The van der Waals surface area contributed by atoms with Gasteiger partial charge >= 0.3 is 0 Å². The van der Waals surface area contributed by atoms with Crippen molar-refractivity contribution in [2.24, 2.45) is 23.2 Å². The van der Waals surface area contributed by atoms with E-state index in [0.717, 1.165) is 17.8 Å². The zero-order chi connectivity index (χ0) is 10.1. The highest BCUT2D eigenvalue weighted by Crippen LogP contribution is 2.57. The van der Waals surface area contributed by atoms with E-state index in [1.54, 1.807) is 0 Å². The van der Waals surface area contributed by atoms with Gasteiger partial charge in [-0.05, 0) is 36.0 Å². The lowest BCUT2D eigenvalue weighted by molar-refractivity contribution is 0.306. The van der Waals surface area contributed by atoms with Gasteiger partial charge in [-0.25, -0.2) is 0 Å². The van der Waals surface area contributed by atoms with Gasteiger partial charge in [-0.15, -0.1) is 0 Å². The van der Waals surface area contributed by atoms with Crippen LogP contribution in [0.5, 0.6) is 0 Å². The maximum atomic E-state index is 2.43. The van der Waals surface area contributed by atoms with Gasteiger partial charge in [0.1, 0.15) is 0 Å². The van der Waals surface area contributed by atoms with Crippen molar-refractivity contribution in [1.82, 2.24) is 0 Å². The quantitative estimate of drug-likeness (QED) is 0.587. The van der Waals surface area contributed by atoms with Crippen molar-refractivity contribution in [3.8, 4) is 0 Å². The van der Waals surface area contributed by atoms with Gasteiger partial charge in [0.05, 0.1) is 0 Å². The Bertz CT molecular complexity index is 157. The first-order valence-electron chi connectivity index (χ1n) is 6.01. The highest BCUT2D eigenvalue weighted by atomic mass is 14.5. The molecule has 0 aliphatic heterocycles. The van der Waals surface area contributed by atoms with E-state index in [4.69, 9.17) is 0 Å². The van der Waals surface area contributed by atoms with Gasteiger partial charge in [0.15, 0.2) is 0 Å². The molecule has 3 atom stereocenters. The summed E-state index contributed by atoms with van der Waals surface area (Å²) >= 11 is 0. The number of hydrogen-bond donors (Lipinski definition) is 0. The smallest absolute Gasteiger partial charge is 0.0320 e. The van der Waals surface area contributed by atoms with E-state index in [1.165, 1.54) is 25.7 Å². The molecule has 0 amide bonds. The molecule has 0 nitrogen and oxygen atoms in total. The summed E-state index contributed by atoms with van der Waals surface area (Å²) in [6.45, 7) is 11.9. The molecule has 0 aromatic rings. The Morgan fingerprint density at radius 1 is 1.23 bits per heavy atom. The average molecular weight is 182 g/mol. The van der Waals surface area contributed by atoms with E-state index in [2.05, 4.69) is 34.6 Å². The molecule has 0 saturated heterocycles. The normalized spacial score (nSPS) is 29.8. The molecule has 1 fully saturated rings. The lowest BCUT2D eigenvalue weighted by Crippen LogP contribution is -2.10. The molecule has 1 saturated carbocycles. The van der Waals surface area contributed by atoms with Gasteiger partial charge in [-0.2, -0.15) is 0 Å². The molecular weight excluding hydrogens is 156 g/mol. The Hall–Kier alpha value is 0. The van der Waals surface area contributed by atoms with Gasteiger partial charge in [0, 0.05) is 0 Å². The SMILES string of the molecule is CCC(C)CC(CC)C1CC1(C)C. The van der Waals surface area contributed by atoms with Crippen LogP contribution in [0.3, 0.4) is 0 Å². The Labute approximate surface area is 84.1 Å². The third-order valence-electron chi connectivity index (χ3n) is 4.09. The van der Waals surface area contributed by atoms with E-state index in [1.807, 2.05) is 0 Å². The van der Waals surface area contributed by atoms with E-state index in [0.29, 0.717) is 5.41 Å². The molecule has 0 heterocycles. The van der Waals surface area contributed by atoms with Crippen LogP contribution in [0.15, 0.2) is 0 Å². The van der Waals surface area contributed by atoms with Crippen LogP contribution in [0.25, 0.3) is 0 Å². The Balaban J connectivity index is 2.37. The molecule has 0 bridgehead atoms. The van der Waals surface area contributed by atoms with Crippen molar-refractivity contribution in [2.45, 2.75) is 60.3 Å². The number of rotatable bonds is 5. The highest BCUT2D eigenvalue weighted by Gasteiger charge is 2.49. The topological polar surface area (TPSA) is 0 Å². The molecule has 1 aliphatic carbocycles. The summed E-state index contributed by atoms with van der Waals surface area (Å²) in [7, 11) is 0. The fraction of sp³-hybridized carbons (Fsp3) is 1.00. The van der Waals surface area contributed by atoms with E-state index in [-0.39, 0.29) is 0 Å². The lowest BCUT2D eigenvalue weighted by atomic mass is 9.86. The van der Waals surface area contributed by atoms with Gasteiger partial charge in [0.25, 0.3) is 0 Å². The van der Waals surface area contributed by atoms with Gasteiger partial charge < -0.3 is 0 Å². The van der Waals surface area contributed by atoms with Gasteiger partial charge in [-0.3, -0.25) is 0 Å². The summed E-state index contributed by atoms with van der Waals surface area (Å²) < 4.78 is 0. The van der Waals surface area contributed by atoms with Crippen LogP contribution < -0.4 is 0 Å². The summed E-state index contributed by atoms with van der Waals surface area (Å²) in [5.41, 5.74) is 0.675. The molecule has 0 N–H and O–H groups in total. The van der Waals surface area contributed by atoms with Crippen molar-refractivity contribution < 1.29 is 0 Å². The molecule has 0 heteroatoms. The maximum Gasteiger partial charge on any atom is -0.0320 e. The first-order valence-corrected chi connectivity index (χ1v) is 6.01. The molecule has 78 valence electrons. The summed E-state index contributed by atoms with van der Waals surface area (Å²) in [5.74, 6) is 2.97. The van der Waals surface area contributed by atoms with Crippen LogP contribution in [0.1, 0.15) is 60.3 Å². The zero-order valence-corrected chi connectivity index (χ0v) is 10.1. The predicted octanol–water partition coefficient (Wildman–Crippen LogP) is 4.49. The Morgan fingerprint density at radius 2 is 1.77 bits per heavy atom. The van der Waals surface area contributed by atoms with Crippen LogP contribution in [0.2, 0.25) is 0 Å². The summed E-state index contributed by atoms with van der Waals surface area (Å²) in [4.78, 5) is 0. The minimum Gasteiger partial charge on any atom is -0.0651 e. The van der Waals surface area contributed by atoms with Crippen molar-refractivity contribution in [2.75, 3.05) is 0 Å². The van der Waals surface area contributed by atoms with Gasteiger partial charge in [-0.1, -0.05) is 47.5 Å².